The number of nitrogens with two attached hydrogens (primary N) is 1. The molecule has 6 nitrogen and oxygen atoms in total. The van der Waals surface area contributed by atoms with Crippen molar-refractivity contribution in [2.75, 3.05) is 11.1 Å². The lowest BCUT2D eigenvalue weighted by Gasteiger charge is -2.02. The van der Waals surface area contributed by atoms with Crippen LogP contribution in [0.15, 0.2) is 24.8 Å². The van der Waals surface area contributed by atoms with E-state index in [9.17, 15) is 0 Å². The van der Waals surface area contributed by atoms with Crippen molar-refractivity contribution in [2.24, 2.45) is 0 Å². The van der Waals surface area contributed by atoms with Crippen LogP contribution in [0.4, 0.5) is 11.6 Å². The fourth-order valence-electron chi connectivity index (χ4n) is 1.04. The lowest BCUT2D eigenvalue weighted by molar-refractivity contribution is 1.09. The first kappa shape index (κ1) is 8.49. The summed E-state index contributed by atoms with van der Waals surface area (Å²) >= 11 is 0. The van der Waals surface area contributed by atoms with Crippen LogP contribution in [0.1, 0.15) is 5.56 Å². The Morgan fingerprint density at radius 3 is 3.07 bits per heavy atom. The van der Waals surface area contributed by atoms with E-state index in [4.69, 9.17) is 5.73 Å². The normalized spacial score (nSPS) is 10.0. The first-order valence-electron chi connectivity index (χ1n) is 4.13. The number of nitrogens with one attached hydrogen (secondary N) is 2. The number of H-pyrrole nitrogens is 1. The number of hydrogen-bond acceptors (Lipinski definition) is 5. The Hall–Kier alpha value is -2.11. The Bertz CT molecular complexity index is 396. The molecule has 0 saturated heterocycles. The van der Waals surface area contributed by atoms with Crippen LogP contribution in [-0.2, 0) is 6.54 Å². The minimum absolute atomic E-state index is 0.453. The molecule has 0 saturated carbocycles. The molecule has 0 unspecified atom stereocenters. The maximum atomic E-state index is 5.50. The number of aromatic amines is 1. The molecule has 0 fully saturated rings. The van der Waals surface area contributed by atoms with Crippen LogP contribution >= 0.6 is 0 Å². The minimum Gasteiger partial charge on any atom is -0.384 e. The van der Waals surface area contributed by atoms with Crippen LogP contribution in [0.3, 0.4) is 0 Å². The second kappa shape index (κ2) is 3.73. The summed E-state index contributed by atoms with van der Waals surface area (Å²) in [6.07, 6.45) is 4.99. The molecule has 0 radical (unpaired) electrons. The molecule has 0 spiro atoms. The van der Waals surface area contributed by atoms with Crippen molar-refractivity contribution >= 4 is 11.6 Å². The summed E-state index contributed by atoms with van der Waals surface area (Å²) in [5, 5.41) is 9.66. The quantitative estimate of drug-likeness (QED) is 0.651. The van der Waals surface area contributed by atoms with Gasteiger partial charge in [-0.05, 0) is 0 Å². The van der Waals surface area contributed by atoms with E-state index >= 15 is 0 Å². The van der Waals surface area contributed by atoms with E-state index in [2.05, 4.69) is 25.5 Å². The number of rotatable bonds is 3. The largest absolute Gasteiger partial charge is 0.384 e. The van der Waals surface area contributed by atoms with Crippen molar-refractivity contribution in [3.63, 3.8) is 0 Å². The van der Waals surface area contributed by atoms with Gasteiger partial charge in [0.05, 0.1) is 6.20 Å². The van der Waals surface area contributed by atoms with Crippen LogP contribution in [0.5, 0.6) is 0 Å². The lowest BCUT2D eigenvalue weighted by Crippen LogP contribution is -2.02. The number of nitrogen functional groups attached to an aromatic ring is 1. The van der Waals surface area contributed by atoms with Gasteiger partial charge in [-0.25, -0.2) is 9.97 Å². The van der Waals surface area contributed by atoms with Crippen molar-refractivity contribution in [2.45, 2.75) is 6.54 Å². The van der Waals surface area contributed by atoms with Crippen molar-refractivity contribution in [3.8, 4) is 0 Å². The molecule has 2 rings (SSSR count). The highest BCUT2D eigenvalue weighted by atomic mass is 15.1. The number of nitrogens with zero attached hydrogens (tertiary/aromatic N) is 3. The molecule has 72 valence electrons. The zero-order chi connectivity index (χ0) is 9.80. The van der Waals surface area contributed by atoms with Crippen LogP contribution < -0.4 is 11.1 Å². The van der Waals surface area contributed by atoms with Gasteiger partial charge in [-0.1, -0.05) is 0 Å². The van der Waals surface area contributed by atoms with E-state index in [-0.39, 0.29) is 0 Å². The van der Waals surface area contributed by atoms with Crippen molar-refractivity contribution in [1.82, 2.24) is 20.2 Å². The standard InChI is InChI=1S/C8H10N6/c9-7-1-8(12-5-11-7)10-2-6-3-13-14-4-6/h1,3-5H,2H2,(H,13,14)(H3,9,10,11,12). The van der Waals surface area contributed by atoms with E-state index in [1.54, 1.807) is 12.3 Å². The molecular weight excluding hydrogens is 180 g/mol. The molecule has 4 N–H and O–H groups in total. The van der Waals surface area contributed by atoms with Gasteiger partial charge in [0, 0.05) is 24.4 Å². The molecule has 2 heterocycles. The zero-order valence-corrected chi connectivity index (χ0v) is 7.44. The molecule has 0 bridgehead atoms. The van der Waals surface area contributed by atoms with Crippen molar-refractivity contribution in [1.29, 1.82) is 0 Å². The first-order chi connectivity index (χ1) is 6.84. The van der Waals surface area contributed by atoms with Gasteiger partial charge in [0.15, 0.2) is 0 Å². The minimum atomic E-state index is 0.453. The lowest BCUT2D eigenvalue weighted by atomic mass is 10.3. The summed E-state index contributed by atoms with van der Waals surface area (Å²) in [5.74, 6) is 1.16. The summed E-state index contributed by atoms with van der Waals surface area (Å²) in [7, 11) is 0. The zero-order valence-electron chi connectivity index (χ0n) is 7.44. The molecule has 0 amide bonds. The van der Waals surface area contributed by atoms with Crippen LogP contribution in [-0.4, -0.2) is 20.2 Å². The highest BCUT2D eigenvalue weighted by molar-refractivity contribution is 5.43. The SMILES string of the molecule is Nc1cc(NCc2cn[nH]c2)ncn1. The van der Waals surface area contributed by atoms with Gasteiger partial charge in [-0.15, -0.1) is 0 Å². The maximum Gasteiger partial charge on any atom is 0.131 e. The Kier molecular flexibility index (Phi) is 2.26. The van der Waals surface area contributed by atoms with Crippen LogP contribution in [0.2, 0.25) is 0 Å². The molecule has 2 aromatic heterocycles. The second-order valence-electron chi connectivity index (χ2n) is 2.79. The molecule has 0 aliphatic rings. The Morgan fingerprint density at radius 2 is 2.36 bits per heavy atom. The van der Waals surface area contributed by atoms with E-state index in [0.717, 1.165) is 5.56 Å². The van der Waals surface area contributed by atoms with E-state index in [0.29, 0.717) is 18.2 Å². The highest BCUT2D eigenvalue weighted by Gasteiger charge is 1.96. The Balaban J connectivity index is 1.98. The van der Waals surface area contributed by atoms with Gasteiger partial charge in [0.25, 0.3) is 0 Å². The van der Waals surface area contributed by atoms with E-state index in [1.807, 2.05) is 6.20 Å². The summed E-state index contributed by atoms with van der Waals surface area (Å²) in [6, 6.07) is 1.68. The molecule has 6 heteroatoms. The molecule has 0 aromatic carbocycles. The van der Waals surface area contributed by atoms with Gasteiger partial charge in [0.2, 0.25) is 0 Å². The summed E-state index contributed by atoms with van der Waals surface area (Å²) < 4.78 is 0. The van der Waals surface area contributed by atoms with Crippen LogP contribution in [0, 0.1) is 0 Å². The third-order valence-electron chi connectivity index (χ3n) is 1.72. The fourth-order valence-corrected chi connectivity index (χ4v) is 1.04. The predicted octanol–water partition coefficient (Wildman–Crippen LogP) is 0.394. The average molecular weight is 190 g/mol. The molecular formula is C8H10N6. The van der Waals surface area contributed by atoms with Gasteiger partial charge in [0.1, 0.15) is 18.0 Å². The van der Waals surface area contributed by atoms with Gasteiger partial charge in [-0.3, -0.25) is 5.10 Å². The van der Waals surface area contributed by atoms with Gasteiger partial charge < -0.3 is 11.1 Å². The summed E-state index contributed by atoms with van der Waals surface area (Å²) in [6.45, 7) is 0.660. The predicted molar refractivity (Wildman–Crippen MR) is 52.4 cm³/mol. The molecule has 0 atom stereocenters. The topological polar surface area (TPSA) is 92.5 Å². The third-order valence-corrected chi connectivity index (χ3v) is 1.72. The number of aromatic nitrogens is 4. The second-order valence-corrected chi connectivity index (χ2v) is 2.79. The summed E-state index contributed by atoms with van der Waals surface area (Å²) in [5.41, 5.74) is 6.56. The molecule has 14 heavy (non-hydrogen) atoms. The average Bonchev–Trinajstić information content (AvgIpc) is 2.67. The third kappa shape index (κ3) is 1.98. The molecule has 0 aliphatic heterocycles. The van der Waals surface area contributed by atoms with E-state index < -0.39 is 0 Å². The maximum absolute atomic E-state index is 5.50. The molecule has 2 aromatic rings. The molecule has 0 aliphatic carbocycles. The van der Waals surface area contributed by atoms with Crippen LogP contribution in [0.25, 0.3) is 0 Å². The first-order valence-corrected chi connectivity index (χ1v) is 4.13. The van der Waals surface area contributed by atoms with E-state index in [1.165, 1.54) is 6.33 Å². The van der Waals surface area contributed by atoms with Gasteiger partial charge in [-0.2, -0.15) is 5.10 Å². The Labute approximate surface area is 80.6 Å². The van der Waals surface area contributed by atoms with Crippen molar-refractivity contribution < 1.29 is 0 Å². The Morgan fingerprint density at radius 1 is 1.43 bits per heavy atom. The smallest absolute Gasteiger partial charge is 0.131 e. The highest BCUT2D eigenvalue weighted by Crippen LogP contribution is 2.06. The monoisotopic (exact) mass is 190 g/mol. The van der Waals surface area contributed by atoms with Gasteiger partial charge >= 0.3 is 0 Å². The fraction of sp³-hybridized carbons (Fsp3) is 0.125. The number of anilines is 2. The van der Waals surface area contributed by atoms with Crippen molar-refractivity contribution in [3.05, 3.63) is 30.4 Å². The number of hydrogen-bond donors (Lipinski definition) is 3. The summed E-state index contributed by atoms with van der Waals surface area (Å²) in [4.78, 5) is 7.80.